The van der Waals surface area contributed by atoms with Crippen LogP contribution in [0.2, 0.25) is 0 Å². The summed E-state index contributed by atoms with van der Waals surface area (Å²) in [5.74, 6) is -3.91. The van der Waals surface area contributed by atoms with Gasteiger partial charge in [-0.15, -0.1) is 0 Å². The molecule has 1 aliphatic rings. The molecule has 0 aliphatic carbocycles. The number of amides is 2. The number of primary amides is 1. The maximum atomic E-state index is 15.0. The smallest absolute Gasteiger partial charge is 0.412 e. The highest BCUT2D eigenvalue weighted by Crippen LogP contribution is 2.52. The molecule has 0 spiro atoms. The topological polar surface area (TPSA) is 72.6 Å². The third-order valence-corrected chi connectivity index (χ3v) is 5.31. The van der Waals surface area contributed by atoms with E-state index in [0.29, 0.717) is 6.07 Å². The zero-order valence-electron chi connectivity index (χ0n) is 16.4. The Bertz CT molecular complexity index is 1140. The zero-order chi connectivity index (χ0) is 23.0. The van der Waals surface area contributed by atoms with Crippen LogP contribution in [0.25, 0.3) is 0 Å². The Kier molecular flexibility index (Phi) is 5.33. The molecule has 0 bridgehead atoms. The molecule has 1 aliphatic heterocycles. The normalized spacial score (nSPS) is 17.3. The Hall–Kier alpha value is -3.88. The second kappa shape index (κ2) is 7.99. The molecule has 1 fully saturated rings. The van der Waals surface area contributed by atoms with Gasteiger partial charge < -0.3 is 10.5 Å². The molecule has 2 N–H and O–H groups in total. The van der Waals surface area contributed by atoms with Gasteiger partial charge in [0.25, 0.3) is 0 Å². The Labute approximate surface area is 180 Å². The fourth-order valence-electron chi connectivity index (χ4n) is 4.01. The van der Waals surface area contributed by atoms with Crippen LogP contribution in [0.1, 0.15) is 22.7 Å². The molecule has 5 nitrogen and oxygen atoms in total. The third kappa shape index (κ3) is 3.55. The predicted octanol–water partition coefficient (Wildman–Crippen LogP) is 4.17. The number of benzene rings is 3. The summed E-state index contributed by atoms with van der Waals surface area (Å²) in [5.41, 5.74) is 3.74. The number of hydrogen-bond acceptors (Lipinski definition) is 3. The van der Waals surface area contributed by atoms with Crippen molar-refractivity contribution in [2.75, 3.05) is 6.54 Å². The van der Waals surface area contributed by atoms with E-state index in [1.165, 1.54) is 24.3 Å². The summed E-state index contributed by atoms with van der Waals surface area (Å²) in [6.45, 7) is -0.634. The van der Waals surface area contributed by atoms with Gasteiger partial charge in [0.05, 0.1) is 0 Å². The SMILES string of the molecule is NC(=O)CN1C(=O)OC(c2ccc(F)cc2)(c2ccc(F)cc2)C1c1ccc(F)cc1F. The monoisotopic (exact) mass is 444 g/mol. The Balaban J connectivity index is 2.04. The molecule has 1 unspecified atom stereocenters. The minimum Gasteiger partial charge on any atom is -0.430 e. The molecule has 2 amide bonds. The van der Waals surface area contributed by atoms with Gasteiger partial charge in [0.1, 0.15) is 35.9 Å². The van der Waals surface area contributed by atoms with Crippen LogP contribution in [-0.2, 0) is 15.1 Å². The average molecular weight is 444 g/mol. The van der Waals surface area contributed by atoms with E-state index >= 15 is 0 Å². The number of rotatable bonds is 5. The first-order valence-electron chi connectivity index (χ1n) is 9.47. The van der Waals surface area contributed by atoms with Gasteiger partial charge in [-0.05, 0) is 30.3 Å². The van der Waals surface area contributed by atoms with Gasteiger partial charge in [0.2, 0.25) is 5.91 Å². The summed E-state index contributed by atoms with van der Waals surface area (Å²) in [7, 11) is 0. The highest BCUT2D eigenvalue weighted by atomic mass is 19.1. The molecular formula is C23H16F4N2O3. The molecule has 9 heteroatoms. The number of carbonyl (C=O) groups is 2. The van der Waals surface area contributed by atoms with Crippen LogP contribution in [0.4, 0.5) is 22.4 Å². The highest BCUT2D eigenvalue weighted by Gasteiger charge is 2.58. The molecule has 32 heavy (non-hydrogen) atoms. The van der Waals surface area contributed by atoms with Gasteiger partial charge in [0.15, 0.2) is 5.60 Å². The maximum absolute atomic E-state index is 15.0. The van der Waals surface area contributed by atoms with E-state index < -0.39 is 53.5 Å². The number of nitrogens with two attached hydrogens (primary N) is 1. The van der Waals surface area contributed by atoms with E-state index in [-0.39, 0.29) is 16.7 Å². The second-order valence-corrected chi connectivity index (χ2v) is 7.28. The lowest BCUT2D eigenvalue weighted by atomic mass is 9.77. The zero-order valence-corrected chi connectivity index (χ0v) is 16.4. The molecule has 0 aromatic heterocycles. The quantitative estimate of drug-likeness (QED) is 0.601. The molecular weight excluding hydrogens is 428 g/mol. The van der Waals surface area contributed by atoms with Crippen molar-refractivity contribution >= 4 is 12.0 Å². The highest BCUT2D eigenvalue weighted by molar-refractivity contribution is 5.83. The van der Waals surface area contributed by atoms with Crippen LogP contribution in [0.5, 0.6) is 0 Å². The Morgan fingerprint density at radius 1 is 0.875 bits per heavy atom. The number of halogens is 4. The van der Waals surface area contributed by atoms with Gasteiger partial charge in [-0.1, -0.05) is 30.3 Å². The number of cyclic esters (lactones) is 1. The lowest BCUT2D eigenvalue weighted by molar-refractivity contribution is -0.118. The molecule has 0 saturated carbocycles. The molecule has 0 radical (unpaired) electrons. The number of hydrogen-bond donors (Lipinski definition) is 1. The van der Waals surface area contributed by atoms with Crippen LogP contribution in [0.3, 0.4) is 0 Å². The van der Waals surface area contributed by atoms with Crippen LogP contribution in [0.15, 0.2) is 66.7 Å². The molecule has 3 aromatic carbocycles. The van der Waals surface area contributed by atoms with Gasteiger partial charge in [-0.25, -0.2) is 22.4 Å². The molecule has 164 valence electrons. The molecule has 4 rings (SSSR count). The van der Waals surface area contributed by atoms with Crippen LogP contribution in [0, 0.1) is 23.3 Å². The van der Waals surface area contributed by atoms with Crippen molar-refractivity contribution in [3.05, 3.63) is 107 Å². The van der Waals surface area contributed by atoms with E-state index in [1.54, 1.807) is 0 Å². The largest absolute Gasteiger partial charge is 0.430 e. The van der Waals surface area contributed by atoms with Crippen molar-refractivity contribution in [2.45, 2.75) is 11.6 Å². The summed E-state index contributed by atoms with van der Waals surface area (Å²) in [5, 5.41) is 0. The minimum absolute atomic E-state index is 0.174. The summed E-state index contributed by atoms with van der Waals surface area (Å²) in [6, 6.07) is 11.2. The van der Waals surface area contributed by atoms with Crippen molar-refractivity contribution < 1.29 is 31.9 Å². The van der Waals surface area contributed by atoms with Crippen molar-refractivity contribution in [3.63, 3.8) is 0 Å². The first-order chi connectivity index (χ1) is 15.2. The fraction of sp³-hybridized carbons (Fsp3) is 0.130. The van der Waals surface area contributed by atoms with Crippen LogP contribution < -0.4 is 5.73 Å². The van der Waals surface area contributed by atoms with Crippen LogP contribution >= 0.6 is 0 Å². The third-order valence-electron chi connectivity index (χ3n) is 5.31. The first kappa shape index (κ1) is 21.4. The van der Waals surface area contributed by atoms with Crippen molar-refractivity contribution in [3.8, 4) is 0 Å². The summed E-state index contributed by atoms with van der Waals surface area (Å²) in [4.78, 5) is 25.5. The first-order valence-corrected chi connectivity index (χ1v) is 9.47. The van der Waals surface area contributed by atoms with Gasteiger partial charge in [-0.3, -0.25) is 9.69 Å². The van der Waals surface area contributed by atoms with E-state index in [0.717, 1.165) is 41.3 Å². The number of nitrogens with zero attached hydrogens (tertiary/aromatic N) is 1. The van der Waals surface area contributed by atoms with E-state index in [2.05, 4.69) is 0 Å². The fourth-order valence-corrected chi connectivity index (χ4v) is 4.01. The van der Waals surface area contributed by atoms with Crippen molar-refractivity contribution in [1.82, 2.24) is 4.90 Å². The standard InChI is InChI=1S/C23H16F4N2O3/c24-15-5-1-13(2-6-15)23(14-3-7-16(25)8-4-14)21(18-10-9-17(26)11-19(18)27)29(12-20(28)30)22(31)32-23/h1-11,21H,12H2,(H2,28,30). The Morgan fingerprint density at radius 2 is 1.38 bits per heavy atom. The number of ether oxygens (including phenoxy) is 1. The Morgan fingerprint density at radius 3 is 1.84 bits per heavy atom. The molecule has 1 atom stereocenters. The summed E-state index contributed by atoms with van der Waals surface area (Å²) >= 11 is 0. The van der Waals surface area contributed by atoms with E-state index in [1.807, 2.05) is 0 Å². The van der Waals surface area contributed by atoms with E-state index in [9.17, 15) is 27.2 Å². The molecule has 3 aromatic rings. The van der Waals surface area contributed by atoms with E-state index in [4.69, 9.17) is 10.5 Å². The van der Waals surface area contributed by atoms with Crippen molar-refractivity contribution in [1.29, 1.82) is 0 Å². The lowest BCUT2D eigenvalue weighted by Gasteiger charge is -2.36. The average Bonchev–Trinajstić information content (AvgIpc) is 3.01. The summed E-state index contributed by atoms with van der Waals surface area (Å²) in [6.07, 6.45) is -1.01. The molecule has 1 heterocycles. The van der Waals surface area contributed by atoms with Gasteiger partial charge in [-0.2, -0.15) is 0 Å². The van der Waals surface area contributed by atoms with Crippen LogP contribution in [-0.4, -0.2) is 23.4 Å². The number of carbonyl (C=O) groups excluding carboxylic acids is 2. The van der Waals surface area contributed by atoms with Gasteiger partial charge in [0, 0.05) is 22.8 Å². The summed E-state index contributed by atoms with van der Waals surface area (Å²) < 4.78 is 61.7. The lowest BCUT2D eigenvalue weighted by Crippen LogP contribution is -2.41. The maximum Gasteiger partial charge on any atom is 0.412 e. The van der Waals surface area contributed by atoms with Crippen molar-refractivity contribution in [2.24, 2.45) is 5.73 Å². The second-order valence-electron chi connectivity index (χ2n) is 7.28. The minimum atomic E-state index is -1.83. The predicted molar refractivity (Wildman–Crippen MR) is 105 cm³/mol. The van der Waals surface area contributed by atoms with Gasteiger partial charge >= 0.3 is 6.09 Å². The molecule has 1 saturated heterocycles.